The van der Waals surface area contributed by atoms with E-state index in [-0.39, 0.29) is 43.8 Å². The van der Waals surface area contributed by atoms with Crippen molar-refractivity contribution < 1.29 is 38.3 Å². The van der Waals surface area contributed by atoms with Gasteiger partial charge in [0.2, 0.25) is 29.5 Å². The number of nitrogens with two attached hydrogens (primary N) is 2. The molecular weight excluding hydrogens is 832 g/mol. The third-order valence-electron chi connectivity index (χ3n) is 10.5. The first-order valence-electron chi connectivity index (χ1n) is 21.3. The van der Waals surface area contributed by atoms with Crippen LogP contribution in [0.25, 0.3) is 0 Å². The number of carbonyl (C=O) groups excluding carboxylic acids is 5. The van der Waals surface area contributed by atoms with Gasteiger partial charge in [0.25, 0.3) is 0 Å². The molecule has 22 heteroatoms. The monoisotopic (exact) mass is 888 g/mol. The van der Waals surface area contributed by atoms with Crippen LogP contribution in [0.5, 0.6) is 0 Å². The predicted octanol–water partition coefficient (Wildman–Crippen LogP) is -0.372. The predicted molar refractivity (Wildman–Crippen MR) is 229 cm³/mol. The number of carboxylic acid groups (broad SMARTS) is 1. The highest BCUT2D eigenvalue weighted by Gasteiger charge is 2.32. The summed E-state index contributed by atoms with van der Waals surface area (Å²) < 4.78 is 15.7. The molecule has 0 radical (unpaired) electrons. The molecule has 5 amide bonds. The Labute approximate surface area is 369 Å². The first-order chi connectivity index (χ1) is 30.9. The SMILES string of the molecule is NC(N)NCCC[C@@H]1NC(=O)[C@H](CCCCNC(=O)[C@H](Cc2ccccc2)n2cc(CCCF)nn2)n2cc(nn2)[C@H](Cc2ccccc2)NC(=O)C(CC(=O)O)NC(=O)CNC1=O. The largest absolute Gasteiger partial charge is 0.481 e. The third kappa shape index (κ3) is 15.3. The van der Waals surface area contributed by atoms with Crippen molar-refractivity contribution in [2.24, 2.45) is 11.5 Å². The summed E-state index contributed by atoms with van der Waals surface area (Å²) in [6.45, 7) is -0.577. The summed E-state index contributed by atoms with van der Waals surface area (Å²) >= 11 is 0. The molecule has 21 nitrogen and oxygen atoms in total. The minimum Gasteiger partial charge on any atom is -0.481 e. The normalized spacial score (nSPS) is 19.0. The fourth-order valence-corrected chi connectivity index (χ4v) is 7.13. The van der Waals surface area contributed by atoms with Crippen molar-refractivity contribution in [1.29, 1.82) is 0 Å². The van der Waals surface area contributed by atoms with Crippen LogP contribution in [0.2, 0.25) is 0 Å². The maximum Gasteiger partial charge on any atom is 0.305 e. The van der Waals surface area contributed by atoms with Gasteiger partial charge in [-0.05, 0) is 69.0 Å². The van der Waals surface area contributed by atoms with Gasteiger partial charge in [0.15, 0.2) is 0 Å². The fourth-order valence-electron chi connectivity index (χ4n) is 7.13. The van der Waals surface area contributed by atoms with Gasteiger partial charge < -0.3 is 43.2 Å². The molecule has 1 unspecified atom stereocenters. The molecule has 5 rings (SSSR count). The Kier molecular flexibility index (Phi) is 18.8. The second kappa shape index (κ2) is 24.8. The van der Waals surface area contributed by atoms with E-state index in [1.807, 2.05) is 60.7 Å². The number of carbonyl (C=O) groups is 6. The van der Waals surface area contributed by atoms with Crippen LogP contribution in [0.1, 0.15) is 85.6 Å². The molecule has 2 aromatic carbocycles. The zero-order valence-corrected chi connectivity index (χ0v) is 35.4. The van der Waals surface area contributed by atoms with E-state index in [1.165, 1.54) is 15.6 Å². The minimum absolute atomic E-state index is 0.108. The van der Waals surface area contributed by atoms with E-state index in [9.17, 15) is 38.3 Å². The van der Waals surface area contributed by atoms with Crippen LogP contribution in [0.4, 0.5) is 4.39 Å². The van der Waals surface area contributed by atoms with Crippen LogP contribution < -0.4 is 43.4 Å². The van der Waals surface area contributed by atoms with Crippen molar-refractivity contribution in [3.05, 3.63) is 95.6 Å². The minimum atomic E-state index is -1.51. The molecule has 1 aliphatic heterocycles. The van der Waals surface area contributed by atoms with Crippen LogP contribution in [-0.4, -0.2) is 115 Å². The van der Waals surface area contributed by atoms with E-state index in [2.05, 4.69) is 52.5 Å². The summed E-state index contributed by atoms with van der Waals surface area (Å²) in [7, 11) is 0. The lowest BCUT2D eigenvalue weighted by atomic mass is 10.0. The maximum absolute atomic E-state index is 14.3. The summed E-state index contributed by atoms with van der Waals surface area (Å²) in [5, 5.41) is 42.9. The molecule has 0 spiro atoms. The number of aromatic nitrogens is 6. The number of alkyl halides is 1. The van der Waals surface area contributed by atoms with Crippen molar-refractivity contribution in [1.82, 2.24) is 61.9 Å². The zero-order chi connectivity index (χ0) is 45.8. The van der Waals surface area contributed by atoms with Crippen molar-refractivity contribution in [2.45, 2.75) is 101 Å². The van der Waals surface area contributed by atoms with Gasteiger partial charge in [-0.25, -0.2) is 9.36 Å². The summed E-state index contributed by atoms with van der Waals surface area (Å²) in [5.41, 5.74) is 13.7. The lowest BCUT2D eigenvalue weighted by Gasteiger charge is -2.24. The molecule has 2 bridgehead atoms. The molecule has 2 aromatic heterocycles. The number of carboxylic acids is 1. The van der Waals surface area contributed by atoms with Crippen LogP contribution in [-0.2, 0) is 48.0 Å². The molecule has 4 aromatic rings. The number of unbranched alkanes of at least 4 members (excludes halogenated alkanes) is 1. The zero-order valence-electron chi connectivity index (χ0n) is 35.4. The molecule has 1 aliphatic rings. The number of fused-ring (bicyclic) bond motifs is 2. The topological polar surface area (TPSA) is 308 Å². The summed E-state index contributed by atoms with van der Waals surface area (Å²) in [6.07, 6.45) is 4.25. The van der Waals surface area contributed by atoms with Crippen molar-refractivity contribution in [3.63, 3.8) is 0 Å². The van der Waals surface area contributed by atoms with E-state index in [4.69, 9.17) is 11.5 Å². The van der Waals surface area contributed by atoms with Gasteiger partial charge in [0, 0.05) is 19.2 Å². The number of nitrogens with zero attached hydrogens (tertiary/aromatic N) is 6. The Hall–Kier alpha value is -6.65. The van der Waals surface area contributed by atoms with Gasteiger partial charge in [-0.2, -0.15) is 0 Å². The molecule has 0 saturated carbocycles. The maximum atomic E-state index is 14.3. The third-order valence-corrected chi connectivity index (χ3v) is 10.5. The van der Waals surface area contributed by atoms with Crippen LogP contribution >= 0.6 is 0 Å². The van der Waals surface area contributed by atoms with E-state index in [0.717, 1.165) is 11.1 Å². The van der Waals surface area contributed by atoms with Crippen LogP contribution in [0.15, 0.2) is 73.1 Å². The highest BCUT2D eigenvalue weighted by molar-refractivity contribution is 5.94. The molecule has 64 heavy (non-hydrogen) atoms. The number of aryl methyl sites for hydroxylation is 1. The molecule has 344 valence electrons. The lowest BCUT2D eigenvalue weighted by molar-refractivity contribution is -0.141. The van der Waals surface area contributed by atoms with Crippen molar-refractivity contribution in [3.8, 4) is 0 Å². The Bertz CT molecular complexity index is 2140. The first kappa shape index (κ1) is 48.4. The number of nitrogens with one attached hydrogen (secondary N) is 6. The van der Waals surface area contributed by atoms with E-state index in [1.54, 1.807) is 6.20 Å². The van der Waals surface area contributed by atoms with E-state index in [0.29, 0.717) is 44.3 Å². The number of benzene rings is 2. The van der Waals surface area contributed by atoms with Crippen LogP contribution in [0, 0.1) is 0 Å². The van der Waals surface area contributed by atoms with Crippen molar-refractivity contribution in [2.75, 3.05) is 26.3 Å². The second-order valence-corrected chi connectivity index (χ2v) is 15.5. The van der Waals surface area contributed by atoms with Gasteiger partial charge in [0.1, 0.15) is 36.2 Å². The quantitative estimate of drug-likeness (QED) is 0.0381. The summed E-state index contributed by atoms with van der Waals surface area (Å²) in [5.74, 6) is -4.58. The average Bonchev–Trinajstić information content (AvgIpc) is 3.96. The molecular formula is C42H57FN14O7. The molecule has 3 heterocycles. The standard InChI is InChI=1S/C42H57FN14O7/c43-18-9-15-29-25-56(54-52-29)35(22-28-13-5-2-6-14-28)40(63)46-19-8-7-17-34-41(64)50-30(16-10-20-47-42(44)45)38(61)48-24-36(58)49-32(23-37(59)60)39(62)51-31(33-26-57(34)55-53-33)21-27-11-3-1-4-12-27/h1-6,11-14,25-26,30-32,34-35,42,47H,7-10,15-24,44-45H2,(H,46,63)(H,48,61)(H,49,58)(H,50,64)(H,51,62)(H,59,60)/t30-,31-,32?,34-,35-/m0/s1. The number of amides is 5. The Morgan fingerprint density at radius 1 is 0.797 bits per heavy atom. The molecule has 0 saturated heterocycles. The smallest absolute Gasteiger partial charge is 0.305 e. The second-order valence-electron chi connectivity index (χ2n) is 15.5. The Balaban J connectivity index is 1.37. The highest BCUT2D eigenvalue weighted by Crippen LogP contribution is 2.22. The first-order valence-corrected chi connectivity index (χ1v) is 21.3. The molecule has 5 atom stereocenters. The van der Waals surface area contributed by atoms with Gasteiger partial charge in [-0.3, -0.25) is 38.5 Å². The van der Waals surface area contributed by atoms with Gasteiger partial charge in [-0.1, -0.05) is 71.1 Å². The van der Waals surface area contributed by atoms with Gasteiger partial charge in [0.05, 0.1) is 37.6 Å². The highest BCUT2D eigenvalue weighted by atomic mass is 19.1. The number of aliphatic carboxylic acids is 1. The summed E-state index contributed by atoms with van der Waals surface area (Å²) in [4.78, 5) is 80.0. The van der Waals surface area contributed by atoms with E-state index < -0.39 is 85.7 Å². The number of rotatable bonds is 21. The lowest BCUT2D eigenvalue weighted by Crippen LogP contribution is -2.54. The van der Waals surface area contributed by atoms with Crippen LogP contribution in [0.3, 0.4) is 0 Å². The van der Waals surface area contributed by atoms with Crippen molar-refractivity contribution >= 4 is 35.5 Å². The number of halogens is 1. The fraction of sp³-hybridized carbons (Fsp3) is 0.476. The Morgan fingerprint density at radius 3 is 2.22 bits per heavy atom. The van der Waals surface area contributed by atoms with Gasteiger partial charge >= 0.3 is 5.97 Å². The number of hydrogen-bond donors (Lipinski definition) is 9. The number of hydrogen-bond acceptors (Lipinski definition) is 13. The molecule has 0 aliphatic carbocycles. The summed E-state index contributed by atoms with van der Waals surface area (Å²) in [6, 6.07) is 13.3. The Morgan fingerprint density at radius 2 is 1.52 bits per heavy atom. The average molecular weight is 889 g/mol. The molecule has 0 fully saturated rings. The van der Waals surface area contributed by atoms with Gasteiger partial charge in [-0.15, -0.1) is 10.2 Å². The molecule has 11 N–H and O–H groups in total. The van der Waals surface area contributed by atoms with E-state index >= 15 is 0 Å².